The number of pyridine rings is 1. The fourth-order valence-corrected chi connectivity index (χ4v) is 3.18. The lowest BCUT2D eigenvalue weighted by Gasteiger charge is -2.20. The zero-order valence-electron chi connectivity index (χ0n) is 14.3. The molecule has 1 unspecified atom stereocenters. The smallest absolute Gasteiger partial charge is 0.242 e. The van der Waals surface area contributed by atoms with Crippen LogP contribution in [0.1, 0.15) is 30.3 Å². The highest BCUT2D eigenvalue weighted by molar-refractivity contribution is 5.85. The Bertz CT molecular complexity index is 869. The van der Waals surface area contributed by atoms with Crippen LogP contribution in [-0.2, 0) is 17.9 Å². The van der Waals surface area contributed by atoms with Crippen LogP contribution in [0.15, 0.2) is 36.7 Å². The van der Waals surface area contributed by atoms with Crippen LogP contribution in [0.4, 0.5) is 0 Å². The molecule has 8 nitrogen and oxygen atoms in total. The average Bonchev–Trinajstić information content (AvgIpc) is 3.28. The van der Waals surface area contributed by atoms with Crippen LogP contribution in [0.25, 0.3) is 5.65 Å². The van der Waals surface area contributed by atoms with Crippen molar-refractivity contribution in [1.82, 2.24) is 35.0 Å². The fraction of sp³-hybridized carbons (Fsp3) is 0.412. The summed E-state index contributed by atoms with van der Waals surface area (Å²) < 4.78 is 3.56. The van der Waals surface area contributed by atoms with Gasteiger partial charge in [0, 0.05) is 24.9 Å². The van der Waals surface area contributed by atoms with Gasteiger partial charge in [-0.3, -0.25) is 13.9 Å². The summed E-state index contributed by atoms with van der Waals surface area (Å²) in [5.74, 6) is 1.06. The van der Waals surface area contributed by atoms with E-state index in [0.717, 1.165) is 30.9 Å². The zero-order chi connectivity index (χ0) is 17.1. The molecular formula is C17H22ClN7O. The first kappa shape index (κ1) is 18.3. The summed E-state index contributed by atoms with van der Waals surface area (Å²) in [6.07, 6.45) is 6.07. The molecule has 1 aliphatic rings. The van der Waals surface area contributed by atoms with Gasteiger partial charge in [-0.2, -0.15) is 5.10 Å². The number of hydrogen-bond donors (Lipinski definition) is 2. The van der Waals surface area contributed by atoms with Crippen LogP contribution in [0.2, 0.25) is 0 Å². The molecule has 0 bridgehead atoms. The lowest BCUT2D eigenvalue weighted by molar-refractivity contribution is -0.122. The molecular weight excluding hydrogens is 354 g/mol. The van der Waals surface area contributed by atoms with Crippen LogP contribution in [0.5, 0.6) is 0 Å². The van der Waals surface area contributed by atoms with Crippen molar-refractivity contribution in [1.29, 1.82) is 0 Å². The number of rotatable bonds is 5. The highest BCUT2D eigenvalue weighted by Gasteiger charge is 2.18. The number of halogens is 1. The molecule has 26 heavy (non-hydrogen) atoms. The van der Waals surface area contributed by atoms with Gasteiger partial charge in [-0.1, -0.05) is 6.07 Å². The molecule has 0 radical (unpaired) electrons. The Morgan fingerprint density at radius 3 is 3.04 bits per heavy atom. The summed E-state index contributed by atoms with van der Waals surface area (Å²) in [5, 5.41) is 19.0. The van der Waals surface area contributed by atoms with E-state index >= 15 is 0 Å². The normalized spacial score (nSPS) is 17.0. The van der Waals surface area contributed by atoms with Crippen LogP contribution in [0.3, 0.4) is 0 Å². The first-order valence-corrected chi connectivity index (χ1v) is 8.59. The standard InChI is InChI=1S/C17H21N7O.ClH/c25-17(19-11-16-21-20-15-5-1-2-8-24(15)16)12-23-9-6-14(22-23)13-4-3-7-18-10-13;/h1-2,5-6,8-9,13,18H,3-4,7,10-12H2,(H,19,25);1H. The van der Waals surface area contributed by atoms with E-state index in [1.807, 2.05) is 41.1 Å². The summed E-state index contributed by atoms with van der Waals surface area (Å²) in [6, 6.07) is 7.71. The Morgan fingerprint density at radius 2 is 2.19 bits per heavy atom. The summed E-state index contributed by atoms with van der Waals surface area (Å²) in [4.78, 5) is 12.2. The van der Waals surface area contributed by atoms with Gasteiger partial charge in [-0.05, 0) is 37.6 Å². The molecule has 4 rings (SSSR count). The number of hydrogen-bond acceptors (Lipinski definition) is 5. The molecule has 4 heterocycles. The SMILES string of the molecule is Cl.O=C(Cn1ccc(C2CCCNC2)n1)NCc1nnc2ccccn12. The Kier molecular flexibility index (Phi) is 5.85. The largest absolute Gasteiger partial charge is 0.347 e. The predicted octanol–water partition coefficient (Wildman–Crippen LogP) is 1.13. The topological polar surface area (TPSA) is 89.1 Å². The second-order valence-electron chi connectivity index (χ2n) is 6.30. The Balaban J connectivity index is 0.00000196. The van der Waals surface area contributed by atoms with Gasteiger partial charge in [-0.15, -0.1) is 22.6 Å². The molecule has 1 fully saturated rings. The lowest BCUT2D eigenvalue weighted by Crippen LogP contribution is -2.29. The number of nitrogens with one attached hydrogen (secondary N) is 2. The van der Waals surface area contributed by atoms with Gasteiger partial charge < -0.3 is 10.6 Å². The van der Waals surface area contributed by atoms with E-state index in [1.54, 1.807) is 4.68 Å². The third-order valence-corrected chi connectivity index (χ3v) is 4.51. The minimum atomic E-state index is -0.0934. The van der Waals surface area contributed by atoms with Crippen LogP contribution < -0.4 is 10.6 Å². The molecule has 0 aliphatic carbocycles. The summed E-state index contributed by atoms with van der Waals surface area (Å²) in [5.41, 5.74) is 1.83. The molecule has 9 heteroatoms. The van der Waals surface area contributed by atoms with E-state index in [9.17, 15) is 4.79 Å². The number of nitrogens with zero attached hydrogens (tertiary/aromatic N) is 5. The monoisotopic (exact) mass is 375 g/mol. The van der Waals surface area contributed by atoms with E-state index < -0.39 is 0 Å². The van der Waals surface area contributed by atoms with Crippen LogP contribution in [0, 0.1) is 0 Å². The van der Waals surface area contributed by atoms with Gasteiger partial charge in [0.1, 0.15) is 6.54 Å². The highest BCUT2D eigenvalue weighted by atomic mass is 35.5. The summed E-state index contributed by atoms with van der Waals surface area (Å²) in [6.45, 7) is 2.58. The molecule has 138 valence electrons. The molecule has 1 atom stereocenters. The van der Waals surface area contributed by atoms with E-state index in [0.29, 0.717) is 18.3 Å². The summed E-state index contributed by atoms with van der Waals surface area (Å²) >= 11 is 0. The van der Waals surface area contributed by atoms with E-state index in [-0.39, 0.29) is 24.9 Å². The Hall–Kier alpha value is -2.45. The van der Waals surface area contributed by atoms with E-state index in [4.69, 9.17) is 0 Å². The minimum absolute atomic E-state index is 0. The second kappa shape index (κ2) is 8.29. The van der Waals surface area contributed by atoms with Crippen molar-refractivity contribution >= 4 is 24.0 Å². The van der Waals surface area contributed by atoms with Gasteiger partial charge in [0.15, 0.2) is 11.5 Å². The van der Waals surface area contributed by atoms with Gasteiger partial charge in [0.05, 0.1) is 12.2 Å². The van der Waals surface area contributed by atoms with Crippen molar-refractivity contribution in [2.24, 2.45) is 0 Å². The number of amides is 1. The highest BCUT2D eigenvalue weighted by Crippen LogP contribution is 2.21. The minimum Gasteiger partial charge on any atom is -0.347 e. The Morgan fingerprint density at radius 1 is 1.27 bits per heavy atom. The lowest BCUT2D eigenvalue weighted by atomic mass is 9.97. The van der Waals surface area contributed by atoms with Crippen molar-refractivity contribution in [2.45, 2.75) is 31.8 Å². The molecule has 2 N–H and O–H groups in total. The molecule has 3 aromatic heterocycles. The van der Waals surface area contributed by atoms with Gasteiger partial charge >= 0.3 is 0 Å². The van der Waals surface area contributed by atoms with Gasteiger partial charge in [0.25, 0.3) is 0 Å². The summed E-state index contributed by atoms with van der Waals surface area (Å²) in [7, 11) is 0. The molecule has 3 aromatic rings. The van der Waals surface area contributed by atoms with Crippen molar-refractivity contribution in [3.05, 3.63) is 48.2 Å². The molecule has 1 aliphatic heterocycles. The first-order valence-electron chi connectivity index (χ1n) is 8.59. The molecule has 0 saturated carbocycles. The number of carbonyl (C=O) groups excluding carboxylic acids is 1. The van der Waals surface area contributed by atoms with Crippen molar-refractivity contribution in [3.8, 4) is 0 Å². The molecule has 0 spiro atoms. The maximum absolute atomic E-state index is 12.2. The number of fused-ring (bicyclic) bond motifs is 1. The van der Waals surface area contributed by atoms with Crippen LogP contribution >= 0.6 is 12.4 Å². The third kappa shape index (κ3) is 4.03. The van der Waals surface area contributed by atoms with Crippen molar-refractivity contribution < 1.29 is 4.79 Å². The molecule has 0 aromatic carbocycles. The van der Waals surface area contributed by atoms with Crippen molar-refractivity contribution in [2.75, 3.05) is 13.1 Å². The second-order valence-corrected chi connectivity index (χ2v) is 6.30. The van der Waals surface area contributed by atoms with E-state index in [2.05, 4.69) is 25.9 Å². The molecule has 1 saturated heterocycles. The van der Waals surface area contributed by atoms with Gasteiger partial charge in [-0.25, -0.2) is 0 Å². The third-order valence-electron chi connectivity index (χ3n) is 4.51. The maximum Gasteiger partial charge on any atom is 0.242 e. The zero-order valence-corrected chi connectivity index (χ0v) is 15.2. The average molecular weight is 376 g/mol. The van der Waals surface area contributed by atoms with Crippen molar-refractivity contribution in [3.63, 3.8) is 0 Å². The maximum atomic E-state index is 12.2. The number of piperidine rings is 1. The van der Waals surface area contributed by atoms with Crippen LogP contribution in [-0.4, -0.2) is 43.4 Å². The van der Waals surface area contributed by atoms with E-state index in [1.165, 1.54) is 6.42 Å². The molecule has 1 amide bonds. The fourth-order valence-electron chi connectivity index (χ4n) is 3.18. The quantitative estimate of drug-likeness (QED) is 0.697. The number of carbonyl (C=O) groups is 1. The predicted molar refractivity (Wildman–Crippen MR) is 99.2 cm³/mol. The van der Waals surface area contributed by atoms with Gasteiger partial charge in [0.2, 0.25) is 5.91 Å². The number of aromatic nitrogens is 5. The first-order chi connectivity index (χ1) is 12.3. The Labute approximate surface area is 157 Å².